The number of aromatic nitrogens is 3. The van der Waals surface area contributed by atoms with E-state index in [4.69, 9.17) is 0 Å². The number of likely N-dealkylation sites (N-methyl/N-ethyl adjacent to an activating group) is 1. The van der Waals surface area contributed by atoms with E-state index in [1.54, 1.807) is 24.5 Å². The summed E-state index contributed by atoms with van der Waals surface area (Å²) in [6.07, 6.45) is 3.32. The Morgan fingerprint density at radius 2 is 2.03 bits per heavy atom. The van der Waals surface area contributed by atoms with Crippen molar-refractivity contribution >= 4 is 23.1 Å². The van der Waals surface area contributed by atoms with Gasteiger partial charge in [-0.05, 0) is 38.4 Å². The molecule has 0 aliphatic heterocycles. The maximum Gasteiger partial charge on any atom is 0.295 e. The molecular weight excluding hydrogens is 377 g/mol. The van der Waals surface area contributed by atoms with Crippen molar-refractivity contribution in [2.75, 3.05) is 37.8 Å². The molecule has 29 heavy (non-hydrogen) atoms. The lowest BCUT2D eigenvalue weighted by molar-refractivity contribution is -0.384. The predicted molar refractivity (Wildman–Crippen MR) is 109 cm³/mol. The summed E-state index contributed by atoms with van der Waals surface area (Å²) in [5.41, 5.74) is 1.11. The van der Waals surface area contributed by atoms with Gasteiger partial charge in [0.25, 0.3) is 5.69 Å². The van der Waals surface area contributed by atoms with Crippen LogP contribution in [0.3, 0.4) is 0 Å². The number of rotatable bonds is 8. The molecule has 2 N–H and O–H groups in total. The average molecular weight is 397 g/mol. The van der Waals surface area contributed by atoms with Crippen LogP contribution in [-0.4, -0.2) is 52.0 Å². The molecule has 10 heteroatoms. The number of benzene rings is 1. The molecule has 0 aliphatic rings. The molecule has 0 aliphatic carbocycles. The molecule has 0 fully saturated rings. The number of nitro benzene ring substituents is 1. The third-order valence-corrected chi connectivity index (χ3v) is 3.94. The zero-order chi connectivity index (χ0) is 20.8. The summed E-state index contributed by atoms with van der Waals surface area (Å²) in [5.74, 6) is 0.00779. The highest BCUT2D eigenvalue weighted by Gasteiger charge is 2.16. The van der Waals surface area contributed by atoms with E-state index < -0.39 is 10.7 Å². The normalized spacial score (nSPS) is 10.8. The first-order valence-electron chi connectivity index (χ1n) is 8.81. The monoisotopic (exact) mass is 397 g/mol. The lowest BCUT2D eigenvalue weighted by atomic mass is 10.2. The highest BCUT2D eigenvalue weighted by molar-refractivity contribution is 5.71. The summed E-state index contributed by atoms with van der Waals surface area (Å²) in [4.78, 5) is 25.6. The second-order valence-electron chi connectivity index (χ2n) is 6.48. The van der Waals surface area contributed by atoms with Crippen LogP contribution in [0.25, 0.3) is 11.3 Å². The summed E-state index contributed by atoms with van der Waals surface area (Å²) in [6.45, 7) is 1.38. The minimum Gasteiger partial charge on any atom is -0.353 e. The molecule has 0 saturated heterocycles. The van der Waals surface area contributed by atoms with Gasteiger partial charge in [-0.25, -0.2) is 9.37 Å². The Bertz CT molecular complexity index is 999. The molecule has 0 spiro atoms. The highest BCUT2D eigenvalue weighted by atomic mass is 19.1. The van der Waals surface area contributed by atoms with E-state index >= 15 is 0 Å². The summed E-state index contributed by atoms with van der Waals surface area (Å²) in [7, 11) is 3.91. The Labute approximate surface area is 166 Å². The van der Waals surface area contributed by atoms with Gasteiger partial charge in [0.05, 0.1) is 16.7 Å². The fourth-order valence-electron chi connectivity index (χ4n) is 2.54. The summed E-state index contributed by atoms with van der Waals surface area (Å²) >= 11 is 0. The number of hydrogen-bond acceptors (Lipinski definition) is 8. The molecule has 3 aromatic rings. The zero-order valence-corrected chi connectivity index (χ0v) is 16.0. The highest BCUT2D eigenvalue weighted by Crippen LogP contribution is 2.29. The molecule has 0 saturated carbocycles. The van der Waals surface area contributed by atoms with E-state index in [1.807, 2.05) is 25.1 Å². The van der Waals surface area contributed by atoms with Gasteiger partial charge in [-0.2, -0.15) is 4.98 Å². The number of anilines is 3. The smallest absolute Gasteiger partial charge is 0.295 e. The minimum atomic E-state index is -0.688. The van der Waals surface area contributed by atoms with Crippen LogP contribution in [0, 0.1) is 15.9 Å². The average Bonchev–Trinajstić information content (AvgIpc) is 2.69. The molecule has 0 atom stereocenters. The van der Waals surface area contributed by atoms with Gasteiger partial charge in [-0.1, -0.05) is 0 Å². The lowest BCUT2D eigenvalue weighted by Gasteiger charge is -2.13. The Morgan fingerprint density at radius 3 is 2.72 bits per heavy atom. The van der Waals surface area contributed by atoms with Crippen LogP contribution in [-0.2, 0) is 0 Å². The van der Waals surface area contributed by atoms with Crippen LogP contribution in [0.5, 0.6) is 0 Å². The molecule has 0 radical (unpaired) electrons. The van der Waals surface area contributed by atoms with Crippen molar-refractivity contribution < 1.29 is 9.31 Å². The Balaban J connectivity index is 1.96. The quantitative estimate of drug-likeness (QED) is 0.440. The standard InChI is InChI=1S/C19H20FN7O2/c1-26(2)9-8-22-19-24-16(13-4-3-7-21-12-13)11-18(25-19)23-15-6-5-14(20)10-17(15)27(28)29/h3-7,10-12H,8-9H2,1-2H3,(H2,22,23,24,25). The number of nitrogens with zero attached hydrogens (tertiary/aromatic N) is 5. The van der Waals surface area contributed by atoms with Gasteiger partial charge in [-0.3, -0.25) is 15.1 Å². The zero-order valence-electron chi connectivity index (χ0n) is 16.0. The maximum atomic E-state index is 13.4. The molecule has 2 heterocycles. The Morgan fingerprint density at radius 1 is 1.21 bits per heavy atom. The molecular formula is C19H20FN7O2. The van der Waals surface area contributed by atoms with Crippen molar-refractivity contribution in [3.8, 4) is 11.3 Å². The number of hydrogen-bond donors (Lipinski definition) is 2. The van der Waals surface area contributed by atoms with Gasteiger partial charge in [0, 0.05) is 37.1 Å². The van der Waals surface area contributed by atoms with Crippen molar-refractivity contribution in [3.05, 3.63) is 64.7 Å². The van der Waals surface area contributed by atoms with E-state index in [0.29, 0.717) is 24.0 Å². The van der Waals surface area contributed by atoms with Crippen LogP contribution in [0.15, 0.2) is 48.8 Å². The summed E-state index contributed by atoms with van der Waals surface area (Å²) in [5, 5.41) is 17.3. The van der Waals surface area contributed by atoms with Crippen molar-refractivity contribution in [1.29, 1.82) is 0 Å². The molecule has 0 bridgehead atoms. The topological polar surface area (TPSA) is 109 Å². The first kappa shape index (κ1) is 20.1. The van der Waals surface area contributed by atoms with Crippen molar-refractivity contribution in [3.63, 3.8) is 0 Å². The van der Waals surface area contributed by atoms with Crippen LogP contribution >= 0.6 is 0 Å². The fourth-order valence-corrected chi connectivity index (χ4v) is 2.54. The van der Waals surface area contributed by atoms with Gasteiger partial charge < -0.3 is 15.5 Å². The second-order valence-corrected chi connectivity index (χ2v) is 6.48. The predicted octanol–water partition coefficient (Wildman–Crippen LogP) is 3.30. The molecule has 3 rings (SSSR count). The summed E-state index contributed by atoms with van der Waals surface area (Å²) < 4.78 is 13.4. The first-order chi connectivity index (χ1) is 13.9. The van der Waals surface area contributed by atoms with Crippen LogP contribution < -0.4 is 10.6 Å². The third kappa shape index (κ3) is 5.42. The number of nitro groups is 1. The number of pyridine rings is 1. The van der Waals surface area contributed by atoms with E-state index in [2.05, 4.69) is 25.6 Å². The molecule has 0 amide bonds. The van der Waals surface area contributed by atoms with Crippen molar-refractivity contribution in [2.45, 2.75) is 0 Å². The second kappa shape index (κ2) is 9.02. The molecule has 2 aromatic heterocycles. The van der Waals surface area contributed by atoms with E-state index in [-0.39, 0.29) is 11.4 Å². The fraction of sp³-hybridized carbons (Fsp3) is 0.211. The molecule has 1 aromatic carbocycles. The van der Waals surface area contributed by atoms with Crippen LogP contribution in [0.2, 0.25) is 0 Å². The van der Waals surface area contributed by atoms with E-state index in [9.17, 15) is 14.5 Å². The van der Waals surface area contributed by atoms with E-state index in [1.165, 1.54) is 6.07 Å². The van der Waals surface area contributed by atoms with Crippen molar-refractivity contribution in [2.24, 2.45) is 0 Å². The molecule has 9 nitrogen and oxygen atoms in total. The van der Waals surface area contributed by atoms with Gasteiger partial charge >= 0.3 is 0 Å². The number of nitrogens with one attached hydrogen (secondary N) is 2. The SMILES string of the molecule is CN(C)CCNc1nc(Nc2ccc(F)cc2[N+](=O)[O-])cc(-c2cccnc2)n1. The lowest BCUT2D eigenvalue weighted by Crippen LogP contribution is -2.21. The largest absolute Gasteiger partial charge is 0.353 e. The number of halogens is 1. The van der Waals surface area contributed by atoms with E-state index in [0.717, 1.165) is 24.2 Å². The van der Waals surface area contributed by atoms with Crippen LogP contribution in [0.1, 0.15) is 0 Å². The maximum absolute atomic E-state index is 13.4. The van der Waals surface area contributed by atoms with Crippen LogP contribution in [0.4, 0.5) is 27.5 Å². The van der Waals surface area contributed by atoms with Gasteiger partial charge in [-0.15, -0.1) is 0 Å². The first-order valence-corrected chi connectivity index (χ1v) is 8.81. The minimum absolute atomic E-state index is 0.131. The Hall–Kier alpha value is -3.66. The van der Waals surface area contributed by atoms with Gasteiger partial charge in [0.15, 0.2) is 0 Å². The Kier molecular flexibility index (Phi) is 6.25. The van der Waals surface area contributed by atoms with Gasteiger partial charge in [0.1, 0.15) is 17.3 Å². The van der Waals surface area contributed by atoms with Crippen molar-refractivity contribution in [1.82, 2.24) is 19.9 Å². The molecule has 0 unspecified atom stereocenters. The summed E-state index contributed by atoms with van der Waals surface area (Å²) in [6, 6.07) is 8.60. The molecule has 150 valence electrons. The van der Waals surface area contributed by atoms with Gasteiger partial charge in [0.2, 0.25) is 5.95 Å². The third-order valence-electron chi connectivity index (χ3n) is 3.94.